The quantitative estimate of drug-likeness (QED) is 0.621. The van der Waals surface area contributed by atoms with E-state index in [9.17, 15) is 9.59 Å². The zero-order valence-corrected chi connectivity index (χ0v) is 17.3. The molecule has 0 aliphatic heterocycles. The fourth-order valence-electron chi connectivity index (χ4n) is 3.07. The molecule has 156 valence electrons. The van der Waals surface area contributed by atoms with Crippen LogP contribution < -0.4 is 20.3 Å². The van der Waals surface area contributed by atoms with Gasteiger partial charge in [0.05, 0.1) is 14.2 Å². The van der Waals surface area contributed by atoms with Crippen LogP contribution in [0.3, 0.4) is 0 Å². The van der Waals surface area contributed by atoms with Crippen molar-refractivity contribution in [3.63, 3.8) is 0 Å². The molecule has 1 atom stereocenters. The van der Waals surface area contributed by atoms with Crippen LogP contribution in [0.1, 0.15) is 18.5 Å². The van der Waals surface area contributed by atoms with Gasteiger partial charge in [-0.05, 0) is 43.2 Å². The van der Waals surface area contributed by atoms with Crippen molar-refractivity contribution in [1.29, 1.82) is 0 Å². The molecule has 7 heteroatoms. The topological polar surface area (TPSA) is 82.5 Å². The first-order valence-electron chi connectivity index (χ1n) is 9.67. The van der Waals surface area contributed by atoms with Crippen LogP contribution in [-0.2, 0) is 11.2 Å². The largest absolute Gasteiger partial charge is 0.497 e. The molecule has 0 aliphatic rings. The number of benzene rings is 2. The summed E-state index contributed by atoms with van der Waals surface area (Å²) in [5.74, 6) is 0.779. The molecule has 1 N–H and O–H groups in total. The van der Waals surface area contributed by atoms with Crippen molar-refractivity contribution in [3.05, 3.63) is 76.6 Å². The highest BCUT2D eigenvalue weighted by molar-refractivity contribution is 5.79. The Balaban J connectivity index is 1.79. The standard InChI is InChI=1S/C23H25N3O4/c1-16(23(28)24-14-13-17-7-5-4-6-8-17)26-21(27)15-20(30-3)22(25-26)18-9-11-19(29-2)12-10-18/h4-12,15-16H,13-14H2,1-3H3,(H,24,28)/t16-/m1/s1. The van der Waals surface area contributed by atoms with Crippen LogP contribution in [0, 0.1) is 0 Å². The first kappa shape index (κ1) is 21.1. The average molecular weight is 407 g/mol. The lowest BCUT2D eigenvalue weighted by molar-refractivity contribution is -0.124. The monoisotopic (exact) mass is 407 g/mol. The Morgan fingerprint density at radius 2 is 1.77 bits per heavy atom. The average Bonchev–Trinajstić information content (AvgIpc) is 2.79. The first-order chi connectivity index (χ1) is 14.5. The van der Waals surface area contributed by atoms with E-state index < -0.39 is 11.6 Å². The normalized spacial score (nSPS) is 11.6. The predicted molar refractivity (Wildman–Crippen MR) is 115 cm³/mol. The molecule has 3 aromatic rings. The zero-order valence-electron chi connectivity index (χ0n) is 17.3. The van der Waals surface area contributed by atoms with Crippen molar-refractivity contribution in [1.82, 2.24) is 15.1 Å². The van der Waals surface area contributed by atoms with Gasteiger partial charge in [-0.2, -0.15) is 5.10 Å². The third kappa shape index (κ3) is 4.86. The van der Waals surface area contributed by atoms with Crippen LogP contribution in [0.4, 0.5) is 0 Å². The smallest absolute Gasteiger partial charge is 0.271 e. The van der Waals surface area contributed by atoms with E-state index in [1.807, 2.05) is 42.5 Å². The van der Waals surface area contributed by atoms with E-state index in [1.54, 1.807) is 26.2 Å². The SMILES string of the molecule is COc1ccc(-c2nn([C@H](C)C(=O)NCCc3ccccc3)c(=O)cc2OC)cc1. The highest BCUT2D eigenvalue weighted by Gasteiger charge is 2.20. The van der Waals surface area contributed by atoms with Crippen LogP contribution in [0.25, 0.3) is 11.3 Å². The first-order valence-corrected chi connectivity index (χ1v) is 9.67. The van der Waals surface area contributed by atoms with Gasteiger partial charge in [-0.15, -0.1) is 0 Å². The minimum absolute atomic E-state index is 0.272. The summed E-state index contributed by atoms with van der Waals surface area (Å²) in [5, 5.41) is 7.31. The number of nitrogens with one attached hydrogen (secondary N) is 1. The van der Waals surface area contributed by atoms with Crippen molar-refractivity contribution in [2.45, 2.75) is 19.4 Å². The van der Waals surface area contributed by atoms with E-state index in [4.69, 9.17) is 9.47 Å². The highest BCUT2D eigenvalue weighted by atomic mass is 16.5. The Labute approximate surface area is 175 Å². The van der Waals surface area contributed by atoms with E-state index in [1.165, 1.54) is 17.9 Å². The lowest BCUT2D eigenvalue weighted by atomic mass is 10.1. The number of nitrogens with zero attached hydrogens (tertiary/aromatic N) is 2. The summed E-state index contributed by atoms with van der Waals surface area (Å²) in [6.45, 7) is 2.12. The Hall–Kier alpha value is -3.61. The van der Waals surface area contributed by atoms with Gasteiger partial charge in [0.2, 0.25) is 5.91 Å². The third-order valence-corrected chi connectivity index (χ3v) is 4.81. The van der Waals surface area contributed by atoms with Gasteiger partial charge in [0.1, 0.15) is 17.5 Å². The van der Waals surface area contributed by atoms with Crippen molar-refractivity contribution in [2.75, 3.05) is 20.8 Å². The van der Waals surface area contributed by atoms with Crippen LogP contribution in [-0.4, -0.2) is 36.5 Å². The lowest BCUT2D eigenvalue weighted by Crippen LogP contribution is -2.38. The maximum absolute atomic E-state index is 12.6. The van der Waals surface area contributed by atoms with Gasteiger partial charge < -0.3 is 14.8 Å². The second-order valence-corrected chi connectivity index (χ2v) is 6.78. The molecule has 2 aromatic carbocycles. The predicted octanol–water partition coefficient (Wildman–Crippen LogP) is 2.85. The van der Waals surface area contributed by atoms with E-state index in [2.05, 4.69) is 10.4 Å². The molecule has 1 aromatic heterocycles. The molecule has 1 heterocycles. The van der Waals surface area contributed by atoms with Crippen molar-refractivity contribution >= 4 is 5.91 Å². The minimum atomic E-state index is -0.767. The molecule has 0 saturated heterocycles. The number of carbonyl (C=O) groups excluding carboxylic acids is 1. The third-order valence-electron chi connectivity index (χ3n) is 4.81. The molecule has 0 bridgehead atoms. The summed E-state index contributed by atoms with van der Waals surface area (Å²) in [4.78, 5) is 25.2. The molecular formula is C23H25N3O4. The molecule has 0 saturated carbocycles. The summed E-state index contributed by atoms with van der Waals surface area (Å²) in [6.07, 6.45) is 0.710. The Morgan fingerprint density at radius 3 is 2.40 bits per heavy atom. The van der Waals surface area contributed by atoms with Gasteiger partial charge in [-0.1, -0.05) is 30.3 Å². The summed E-state index contributed by atoms with van der Waals surface area (Å²) >= 11 is 0. The van der Waals surface area contributed by atoms with Crippen LogP contribution >= 0.6 is 0 Å². The van der Waals surface area contributed by atoms with Crippen molar-refractivity contribution in [2.24, 2.45) is 0 Å². The maximum atomic E-state index is 12.6. The van der Waals surface area contributed by atoms with Gasteiger partial charge in [0.15, 0.2) is 5.75 Å². The number of ether oxygens (including phenoxy) is 2. The van der Waals surface area contributed by atoms with Crippen LogP contribution in [0.2, 0.25) is 0 Å². The van der Waals surface area contributed by atoms with Gasteiger partial charge in [0, 0.05) is 18.2 Å². The molecule has 1 amide bonds. The molecule has 0 fully saturated rings. The number of methoxy groups -OCH3 is 2. The number of aromatic nitrogens is 2. The van der Waals surface area contributed by atoms with Gasteiger partial charge in [-0.25, -0.2) is 4.68 Å². The molecule has 30 heavy (non-hydrogen) atoms. The number of hydrogen-bond acceptors (Lipinski definition) is 5. The second kappa shape index (κ2) is 9.73. The Bertz CT molecular complexity index is 1050. The van der Waals surface area contributed by atoms with Gasteiger partial charge in [-0.3, -0.25) is 9.59 Å². The molecule has 0 unspecified atom stereocenters. The fraction of sp³-hybridized carbons (Fsp3) is 0.261. The van der Waals surface area contributed by atoms with E-state index in [0.29, 0.717) is 30.2 Å². The summed E-state index contributed by atoms with van der Waals surface area (Å²) in [7, 11) is 3.07. The molecular weight excluding hydrogens is 382 g/mol. The number of rotatable bonds is 8. The second-order valence-electron chi connectivity index (χ2n) is 6.78. The molecule has 7 nitrogen and oxygen atoms in total. The zero-order chi connectivity index (χ0) is 21.5. The Morgan fingerprint density at radius 1 is 1.07 bits per heavy atom. The van der Waals surface area contributed by atoms with Crippen LogP contribution in [0.5, 0.6) is 11.5 Å². The number of hydrogen-bond donors (Lipinski definition) is 1. The summed E-state index contributed by atoms with van der Waals surface area (Å²) in [6, 6.07) is 17.7. The van der Waals surface area contributed by atoms with Crippen molar-refractivity contribution in [3.8, 4) is 22.8 Å². The van der Waals surface area contributed by atoms with Crippen LogP contribution in [0.15, 0.2) is 65.5 Å². The fourth-order valence-corrected chi connectivity index (χ4v) is 3.07. The number of amides is 1. The Kier molecular flexibility index (Phi) is 6.85. The highest BCUT2D eigenvalue weighted by Crippen LogP contribution is 2.28. The molecule has 3 rings (SSSR count). The molecule has 0 spiro atoms. The minimum Gasteiger partial charge on any atom is -0.497 e. The maximum Gasteiger partial charge on any atom is 0.271 e. The van der Waals surface area contributed by atoms with Gasteiger partial charge in [0.25, 0.3) is 5.56 Å². The van der Waals surface area contributed by atoms with Gasteiger partial charge >= 0.3 is 0 Å². The van der Waals surface area contributed by atoms with E-state index in [0.717, 1.165) is 11.1 Å². The van der Waals surface area contributed by atoms with Crippen molar-refractivity contribution < 1.29 is 14.3 Å². The summed E-state index contributed by atoms with van der Waals surface area (Å²) < 4.78 is 11.7. The van der Waals surface area contributed by atoms with E-state index >= 15 is 0 Å². The summed E-state index contributed by atoms with van der Waals surface area (Å²) in [5.41, 5.74) is 1.95. The number of carbonyl (C=O) groups is 1. The molecule has 0 aliphatic carbocycles. The van der Waals surface area contributed by atoms with E-state index in [-0.39, 0.29) is 5.91 Å². The molecule has 0 radical (unpaired) electrons. The lowest BCUT2D eigenvalue weighted by Gasteiger charge is -2.17.